The fourth-order valence-electron chi connectivity index (χ4n) is 2.97. The molecule has 0 aliphatic rings. The number of nitrogens with zero attached hydrogens (tertiary/aromatic N) is 4. The number of thioether (sulfide) groups is 1. The van der Waals surface area contributed by atoms with E-state index in [2.05, 4.69) is 16.8 Å². The molecule has 1 amide bonds. The minimum atomic E-state index is -0.463. The number of carbonyl (C=O) groups excluding carboxylic acids is 2. The van der Waals surface area contributed by atoms with Crippen molar-refractivity contribution in [3.8, 4) is 11.4 Å². The van der Waals surface area contributed by atoms with E-state index < -0.39 is 5.97 Å². The fraction of sp³-hybridized carbons (Fsp3) is 0.217. The molecule has 0 atom stereocenters. The van der Waals surface area contributed by atoms with Crippen LogP contribution in [0, 0.1) is 0 Å². The summed E-state index contributed by atoms with van der Waals surface area (Å²) in [7, 11) is 0. The zero-order valence-corrected chi connectivity index (χ0v) is 19.2. The summed E-state index contributed by atoms with van der Waals surface area (Å²) in [6.07, 6.45) is 1.74. The van der Waals surface area contributed by atoms with Crippen molar-refractivity contribution in [1.82, 2.24) is 14.8 Å². The molecule has 1 aromatic heterocycles. The van der Waals surface area contributed by atoms with Gasteiger partial charge in [-0.1, -0.05) is 47.6 Å². The van der Waals surface area contributed by atoms with Crippen LogP contribution >= 0.6 is 23.4 Å². The molecule has 1 heterocycles. The molecule has 7 nitrogen and oxygen atoms in total. The van der Waals surface area contributed by atoms with Gasteiger partial charge in [0.15, 0.2) is 11.0 Å². The Morgan fingerprint density at radius 2 is 1.88 bits per heavy atom. The number of hydrogen-bond acceptors (Lipinski definition) is 6. The van der Waals surface area contributed by atoms with Crippen LogP contribution in [-0.2, 0) is 20.9 Å². The minimum absolute atomic E-state index is 0.0736. The van der Waals surface area contributed by atoms with E-state index in [1.54, 1.807) is 37.3 Å². The molecule has 0 saturated carbocycles. The number of benzene rings is 2. The van der Waals surface area contributed by atoms with Crippen molar-refractivity contribution >= 4 is 40.9 Å². The summed E-state index contributed by atoms with van der Waals surface area (Å²) < 4.78 is 6.91. The Morgan fingerprint density at radius 3 is 2.53 bits per heavy atom. The average molecular weight is 471 g/mol. The largest absolute Gasteiger partial charge is 0.465 e. The summed E-state index contributed by atoms with van der Waals surface area (Å²) in [6.45, 7) is 6.11. The third kappa shape index (κ3) is 5.99. The number of hydrogen-bond donors (Lipinski definition) is 0. The van der Waals surface area contributed by atoms with Crippen molar-refractivity contribution in [1.29, 1.82) is 0 Å². The number of esters is 1. The lowest BCUT2D eigenvalue weighted by atomic mass is 10.2. The van der Waals surface area contributed by atoms with E-state index >= 15 is 0 Å². The maximum Gasteiger partial charge on any atom is 0.326 e. The van der Waals surface area contributed by atoms with E-state index in [1.807, 2.05) is 34.9 Å². The number of allylic oxidation sites excluding steroid dienone is 1. The van der Waals surface area contributed by atoms with Gasteiger partial charge in [0.05, 0.1) is 12.4 Å². The van der Waals surface area contributed by atoms with E-state index in [1.165, 1.54) is 16.7 Å². The van der Waals surface area contributed by atoms with E-state index in [0.717, 1.165) is 5.56 Å². The van der Waals surface area contributed by atoms with Gasteiger partial charge in [-0.05, 0) is 43.3 Å². The standard InChI is InChI=1S/C23H23ClN4O3S/c1-3-14-27-22(17-10-12-18(24)13-11-17)25-26-23(27)32-16-20(29)28(15-21(30)31-4-2)19-8-6-5-7-9-19/h3,5-13H,1,4,14-16H2,2H3. The van der Waals surface area contributed by atoms with E-state index in [-0.39, 0.29) is 24.8 Å². The molecule has 3 rings (SSSR count). The first kappa shape index (κ1) is 23.6. The summed E-state index contributed by atoms with van der Waals surface area (Å²) in [5.41, 5.74) is 1.48. The van der Waals surface area contributed by atoms with Crippen LogP contribution in [0.4, 0.5) is 5.69 Å². The molecule has 0 N–H and O–H groups in total. The summed E-state index contributed by atoms with van der Waals surface area (Å²) in [4.78, 5) is 26.5. The molecule has 2 aromatic carbocycles. The van der Waals surface area contributed by atoms with E-state index in [4.69, 9.17) is 16.3 Å². The van der Waals surface area contributed by atoms with Crippen molar-refractivity contribution in [2.24, 2.45) is 0 Å². The van der Waals surface area contributed by atoms with Crippen LogP contribution in [0.1, 0.15) is 6.92 Å². The number of carbonyl (C=O) groups is 2. The minimum Gasteiger partial charge on any atom is -0.465 e. The van der Waals surface area contributed by atoms with Crippen LogP contribution in [0.5, 0.6) is 0 Å². The Kier molecular flexibility index (Phi) is 8.47. The number of ether oxygens (including phenoxy) is 1. The molecule has 9 heteroatoms. The zero-order valence-electron chi connectivity index (χ0n) is 17.6. The maximum absolute atomic E-state index is 13.0. The number of aromatic nitrogens is 3. The quantitative estimate of drug-likeness (QED) is 0.247. The summed E-state index contributed by atoms with van der Waals surface area (Å²) in [5.74, 6) is 0.0254. The SMILES string of the molecule is C=CCn1c(SCC(=O)N(CC(=O)OCC)c2ccccc2)nnc1-c1ccc(Cl)cc1. The van der Waals surface area contributed by atoms with Crippen LogP contribution in [0.15, 0.2) is 72.4 Å². The van der Waals surface area contributed by atoms with Crippen LogP contribution < -0.4 is 4.90 Å². The highest BCUT2D eigenvalue weighted by molar-refractivity contribution is 7.99. The zero-order chi connectivity index (χ0) is 22.9. The van der Waals surface area contributed by atoms with Crippen LogP contribution in [0.3, 0.4) is 0 Å². The van der Waals surface area contributed by atoms with Gasteiger partial charge in [0.1, 0.15) is 6.54 Å². The smallest absolute Gasteiger partial charge is 0.326 e. The van der Waals surface area contributed by atoms with Gasteiger partial charge in [-0.2, -0.15) is 0 Å². The lowest BCUT2D eigenvalue weighted by molar-refractivity contribution is -0.142. The summed E-state index contributed by atoms with van der Waals surface area (Å²) >= 11 is 7.24. The van der Waals surface area contributed by atoms with E-state index in [0.29, 0.717) is 28.2 Å². The van der Waals surface area contributed by atoms with Gasteiger partial charge < -0.3 is 9.64 Å². The first-order chi connectivity index (χ1) is 15.5. The summed E-state index contributed by atoms with van der Waals surface area (Å²) in [5, 5.41) is 9.76. The van der Waals surface area contributed by atoms with Crippen LogP contribution in [0.2, 0.25) is 5.02 Å². The lowest BCUT2D eigenvalue weighted by Crippen LogP contribution is -2.37. The van der Waals surface area contributed by atoms with Crippen molar-refractivity contribution < 1.29 is 14.3 Å². The van der Waals surface area contributed by atoms with Gasteiger partial charge in [-0.25, -0.2) is 0 Å². The van der Waals surface area contributed by atoms with Gasteiger partial charge in [-0.15, -0.1) is 16.8 Å². The molecule has 0 bridgehead atoms. The number of para-hydroxylation sites is 1. The third-order valence-corrected chi connectivity index (χ3v) is 5.62. The van der Waals surface area contributed by atoms with Crippen molar-refractivity contribution in [3.05, 3.63) is 72.3 Å². The average Bonchev–Trinajstić information content (AvgIpc) is 3.20. The monoisotopic (exact) mass is 470 g/mol. The highest BCUT2D eigenvalue weighted by Crippen LogP contribution is 2.26. The summed E-state index contributed by atoms with van der Waals surface area (Å²) in [6, 6.07) is 16.3. The molecule has 0 aliphatic heterocycles. The Labute approximate surface area is 196 Å². The van der Waals surface area contributed by atoms with Gasteiger partial charge in [-0.3, -0.25) is 14.2 Å². The van der Waals surface area contributed by atoms with Gasteiger partial charge in [0.25, 0.3) is 0 Å². The maximum atomic E-state index is 13.0. The number of amides is 1. The molecule has 3 aromatic rings. The molecular formula is C23H23ClN4O3S. The van der Waals surface area contributed by atoms with Gasteiger partial charge >= 0.3 is 5.97 Å². The third-order valence-electron chi connectivity index (χ3n) is 4.42. The molecular weight excluding hydrogens is 448 g/mol. The second-order valence-corrected chi connectivity index (χ2v) is 8.00. The molecule has 0 saturated heterocycles. The van der Waals surface area contributed by atoms with Crippen LogP contribution in [0.25, 0.3) is 11.4 Å². The predicted molar refractivity (Wildman–Crippen MR) is 127 cm³/mol. The first-order valence-corrected chi connectivity index (χ1v) is 11.3. The fourth-order valence-corrected chi connectivity index (χ4v) is 3.92. The van der Waals surface area contributed by atoms with Gasteiger partial charge in [0.2, 0.25) is 5.91 Å². The topological polar surface area (TPSA) is 77.3 Å². The molecule has 0 spiro atoms. The Morgan fingerprint density at radius 1 is 1.16 bits per heavy atom. The Balaban J connectivity index is 1.79. The molecule has 0 fully saturated rings. The molecule has 32 heavy (non-hydrogen) atoms. The highest BCUT2D eigenvalue weighted by atomic mass is 35.5. The number of halogens is 1. The normalized spacial score (nSPS) is 10.6. The second-order valence-electron chi connectivity index (χ2n) is 6.62. The molecule has 0 aliphatic carbocycles. The first-order valence-electron chi connectivity index (χ1n) is 9.97. The van der Waals surface area contributed by atoms with E-state index in [9.17, 15) is 9.59 Å². The highest BCUT2D eigenvalue weighted by Gasteiger charge is 2.22. The molecule has 0 radical (unpaired) electrons. The number of rotatable bonds is 10. The second kappa shape index (κ2) is 11.5. The number of anilines is 1. The molecule has 166 valence electrons. The Bertz CT molecular complexity index is 1070. The van der Waals surface area contributed by atoms with Crippen molar-refractivity contribution in [3.63, 3.8) is 0 Å². The van der Waals surface area contributed by atoms with Gasteiger partial charge in [0, 0.05) is 22.8 Å². The predicted octanol–water partition coefficient (Wildman–Crippen LogP) is 4.47. The van der Waals surface area contributed by atoms with Crippen molar-refractivity contribution in [2.45, 2.75) is 18.6 Å². The molecule has 0 unspecified atom stereocenters. The van der Waals surface area contributed by atoms with Crippen LogP contribution in [-0.4, -0.2) is 45.5 Å². The lowest BCUT2D eigenvalue weighted by Gasteiger charge is -2.21. The Hall–Kier alpha value is -3.10. The van der Waals surface area contributed by atoms with Crippen molar-refractivity contribution in [2.75, 3.05) is 23.8 Å².